The number of amides is 1. The van der Waals surface area contributed by atoms with Crippen LogP contribution in [0.25, 0.3) is 0 Å². The van der Waals surface area contributed by atoms with Crippen LogP contribution in [-0.4, -0.2) is 15.9 Å². The van der Waals surface area contributed by atoms with E-state index in [1.807, 2.05) is 0 Å². The number of alkyl halides is 3. The highest BCUT2D eigenvalue weighted by molar-refractivity contribution is 6.68. The number of para-hydroxylation sites is 1. The van der Waals surface area contributed by atoms with Crippen molar-refractivity contribution in [1.82, 2.24) is 5.32 Å². The van der Waals surface area contributed by atoms with Crippen molar-refractivity contribution >= 4 is 63.9 Å². The van der Waals surface area contributed by atoms with E-state index in [0.717, 1.165) is 0 Å². The monoisotopic (exact) mass is 411 g/mol. The SMILES string of the molecule is O=C(NC(Oc1ccccc1Cl)C(Cl)(Cl)Cl)c1ccc(Cl)cc1. The van der Waals surface area contributed by atoms with E-state index in [1.54, 1.807) is 48.5 Å². The van der Waals surface area contributed by atoms with Crippen molar-refractivity contribution in [2.45, 2.75) is 10.0 Å². The number of benzene rings is 2. The number of rotatable bonds is 4. The lowest BCUT2D eigenvalue weighted by Crippen LogP contribution is -2.47. The Morgan fingerprint density at radius 2 is 1.61 bits per heavy atom. The van der Waals surface area contributed by atoms with Crippen molar-refractivity contribution in [3.63, 3.8) is 0 Å². The molecule has 122 valence electrons. The number of hydrogen-bond donors (Lipinski definition) is 1. The molecule has 1 atom stereocenters. The second-order valence-electron chi connectivity index (χ2n) is 4.45. The maximum Gasteiger partial charge on any atom is 0.254 e. The second kappa shape index (κ2) is 7.82. The van der Waals surface area contributed by atoms with Gasteiger partial charge in [0.2, 0.25) is 10.0 Å². The van der Waals surface area contributed by atoms with E-state index in [4.69, 9.17) is 62.7 Å². The molecule has 3 nitrogen and oxygen atoms in total. The average molecular weight is 414 g/mol. The number of ether oxygens (including phenoxy) is 1. The smallest absolute Gasteiger partial charge is 0.254 e. The maximum absolute atomic E-state index is 12.2. The van der Waals surface area contributed by atoms with Gasteiger partial charge in [0.15, 0.2) is 0 Å². The molecule has 2 aromatic carbocycles. The summed E-state index contributed by atoms with van der Waals surface area (Å²) in [5.74, 6) is -0.202. The molecule has 0 radical (unpaired) electrons. The number of halogens is 5. The molecule has 0 spiro atoms. The fraction of sp³-hybridized carbons (Fsp3) is 0.133. The fourth-order valence-electron chi connectivity index (χ4n) is 1.65. The quantitative estimate of drug-likeness (QED) is 0.531. The van der Waals surface area contributed by atoms with Gasteiger partial charge in [-0.25, -0.2) is 0 Å². The van der Waals surface area contributed by atoms with E-state index in [-0.39, 0.29) is 5.75 Å². The normalized spacial score (nSPS) is 12.6. The van der Waals surface area contributed by atoms with E-state index >= 15 is 0 Å². The lowest BCUT2D eigenvalue weighted by molar-refractivity contribution is 0.0833. The zero-order valence-corrected chi connectivity index (χ0v) is 15.2. The molecule has 2 aromatic rings. The Balaban J connectivity index is 2.18. The van der Waals surface area contributed by atoms with Crippen LogP contribution >= 0.6 is 58.0 Å². The van der Waals surface area contributed by atoms with Gasteiger partial charge in [-0.2, -0.15) is 0 Å². The first-order valence-corrected chi connectivity index (χ1v) is 8.20. The first kappa shape index (κ1) is 18.5. The van der Waals surface area contributed by atoms with Crippen LogP contribution in [0.1, 0.15) is 10.4 Å². The zero-order valence-electron chi connectivity index (χ0n) is 11.4. The summed E-state index contributed by atoms with van der Waals surface area (Å²) in [6, 6.07) is 12.9. The Morgan fingerprint density at radius 3 is 2.17 bits per heavy atom. The van der Waals surface area contributed by atoms with Gasteiger partial charge in [-0.3, -0.25) is 4.79 Å². The third-order valence-electron chi connectivity index (χ3n) is 2.75. The molecular weight excluding hydrogens is 403 g/mol. The van der Waals surface area contributed by atoms with Crippen LogP contribution in [0.15, 0.2) is 48.5 Å². The third-order valence-corrected chi connectivity index (χ3v) is 3.91. The summed E-state index contributed by atoms with van der Waals surface area (Å²) in [7, 11) is 0. The maximum atomic E-state index is 12.2. The Bertz CT molecular complexity index is 685. The van der Waals surface area contributed by atoms with Crippen LogP contribution in [0, 0.1) is 0 Å². The van der Waals surface area contributed by atoms with E-state index in [1.165, 1.54) is 0 Å². The molecule has 2 rings (SSSR count). The number of nitrogens with one attached hydrogen (secondary N) is 1. The van der Waals surface area contributed by atoms with E-state index in [9.17, 15) is 4.79 Å². The topological polar surface area (TPSA) is 38.3 Å². The minimum Gasteiger partial charge on any atom is -0.464 e. The summed E-state index contributed by atoms with van der Waals surface area (Å²) in [5.41, 5.74) is 0.344. The number of carbonyl (C=O) groups excluding carboxylic acids is 1. The minimum atomic E-state index is -1.90. The van der Waals surface area contributed by atoms with Crippen LogP contribution in [-0.2, 0) is 0 Å². The molecule has 0 fully saturated rings. The Morgan fingerprint density at radius 1 is 1.00 bits per heavy atom. The molecule has 0 aromatic heterocycles. The number of hydrogen-bond acceptors (Lipinski definition) is 2. The highest BCUT2D eigenvalue weighted by Crippen LogP contribution is 2.34. The molecule has 0 bridgehead atoms. The fourth-order valence-corrected chi connectivity index (χ4v) is 2.25. The van der Waals surface area contributed by atoms with Gasteiger partial charge in [0, 0.05) is 10.6 Å². The van der Waals surface area contributed by atoms with Crippen LogP contribution < -0.4 is 10.1 Å². The van der Waals surface area contributed by atoms with E-state index in [2.05, 4.69) is 5.32 Å². The van der Waals surface area contributed by atoms with Crippen molar-refractivity contribution in [2.75, 3.05) is 0 Å². The highest BCUT2D eigenvalue weighted by Gasteiger charge is 2.36. The highest BCUT2D eigenvalue weighted by atomic mass is 35.6. The first-order chi connectivity index (χ1) is 10.8. The van der Waals surface area contributed by atoms with Gasteiger partial charge in [-0.1, -0.05) is 70.1 Å². The first-order valence-electron chi connectivity index (χ1n) is 6.31. The average Bonchev–Trinajstić information content (AvgIpc) is 2.48. The van der Waals surface area contributed by atoms with Gasteiger partial charge in [-0.05, 0) is 36.4 Å². The Hall–Kier alpha value is -0.840. The van der Waals surface area contributed by atoms with Crippen molar-refractivity contribution < 1.29 is 9.53 Å². The van der Waals surface area contributed by atoms with Crippen molar-refractivity contribution in [3.8, 4) is 5.75 Å². The molecule has 0 aliphatic heterocycles. The largest absolute Gasteiger partial charge is 0.464 e. The van der Waals surface area contributed by atoms with Crippen LogP contribution in [0.3, 0.4) is 0 Å². The van der Waals surface area contributed by atoms with Gasteiger partial charge < -0.3 is 10.1 Å². The van der Waals surface area contributed by atoms with Crippen LogP contribution in [0.2, 0.25) is 10.0 Å². The summed E-state index contributed by atoms with van der Waals surface area (Å²) in [6.45, 7) is 0. The zero-order chi connectivity index (χ0) is 17.0. The molecule has 0 aliphatic rings. The predicted molar refractivity (Wildman–Crippen MR) is 95.1 cm³/mol. The van der Waals surface area contributed by atoms with Gasteiger partial charge in [-0.15, -0.1) is 0 Å². The summed E-state index contributed by atoms with van der Waals surface area (Å²) in [6.07, 6.45) is -1.24. The minimum absolute atomic E-state index is 0.280. The molecule has 23 heavy (non-hydrogen) atoms. The molecule has 0 saturated carbocycles. The lowest BCUT2D eigenvalue weighted by Gasteiger charge is -2.26. The molecule has 1 unspecified atom stereocenters. The predicted octanol–water partition coefficient (Wildman–Crippen LogP) is 5.50. The molecule has 0 saturated heterocycles. The van der Waals surface area contributed by atoms with Gasteiger partial charge in [0.05, 0.1) is 5.02 Å². The lowest BCUT2D eigenvalue weighted by atomic mass is 10.2. The van der Waals surface area contributed by atoms with Gasteiger partial charge >= 0.3 is 0 Å². The van der Waals surface area contributed by atoms with Gasteiger partial charge in [0.25, 0.3) is 5.91 Å². The molecule has 8 heteroatoms. The molecule has 0 heterocycles. The molecule has 0 aliphatic carbocycles. The van der Waals surface area contributed by atoms with Crippen LogP contribution in [0.5, 0.6) is 5.75 Å². The molecule has 1 N–H and O–H groups in total. The third kappa shape index (κ3) is 5.33. The van der Waals surface area contributed by atoms with E-state index < -0.39 is 15.9 Å². The molecular formula is C15H10Cl5NO2. The Kier molecular flexibility index (Phi) is 6.29. The summed E-state index contributed by atoms with van der Waals surface area (Å²) >= 11 is 29.4. The van der Waals surface area contributed by atoms with E-state index in [0.29, 0.717) is 15.6 Å². The van der Waals surface area contributed by atoms with Crippen molar-refractivity contribution in [1.29, 1.82) is 0 Å². The second-order valence-corrected chi connectivity index (χ2v) is 7.66. The summed E-state index contributed by atoms with van der Waals surface area (Å²) in [5, 5.41) is 3.34. The van der Waals surface area contributed by atoms with Crippen molar-refractivity contribution in [3.05, 3.63) is 64.1 Å². The Labute approximate surface area is 158 Å². The van der Waals surface area contributed by atoms with Crippen LogP contribution in [0.4, 0.5) is 0 Å². The summed E-state index contributed by atoms with van der Waals surface area (Å²) < 4.78 is 3.64. The molecule has 1 amide bonds. The standard InChI is InChI=1S/C15H10Cl5NO2/c16-10-7-5-9(6-8-10)13(22)21-14(15(18,19)20)23-12-4-2-1-3-11(12)17/h1-8,14H,(H,21,22). The number of carbonyl (C=O) groups is 1. The van der Waals surface area contributed by atoms with Gasteiger partial charge in [0.1, 0.15) is 5.75 Å². The summed E-state index contributed by atoms with van der Waals surface area (Å²) in [4.78, 5) is 12.2. The van der Waals surface area contributed by atoms with Crippen molar-refractivity contribution in [2.24, 2.45) is 0 Å².